The number of hydrogen-bond donors (Lipinski definition) is 1. The topological polar surface area (TPSA) is 30.5 Å². The maximum absolute atomic E-state index is 6.09. The van der Waals surface area contributed by atoms with Gasteiger partial charge in [-0.25, -0.2) is 0 Å². The number of hydrogen-bond acceptors (Lipinski definition) is 3. The molecule has 1 atom stereocenters. The maximum atomic E-state index is 6.09. The number of rotatable bonds is 2. The predicted molar refractivity (Wildman–Crippen MR) is 66.9 cm³/mol. The minimum absolute atomic E-state index is 0.306. The van der Waals surface area contributed by atoms with Crippen LogP contribution in [0.3, 0.4) is 0 Å². The smallest absolute Gasteiger partial charge is 0.231 e. The SMILES string of the molecule is Clc1cc(CC2CCCCN2)c2c(c1)OCO2. The molecule has 0 aromatic heterocycles. The molecule has 0 aliphatic carbocycles. The van der Waals surface area contributed by atoms with E-state index >= 15 is 0 Å². The Morgan fingerprint density at radius 1 is 1.29 bits per heavy atom. The first kappa shape index (κ1) is 11.2. The van der Waals surface area contributed by atoms with Gasteiger partial charge in [0.2, 0.25) is 6.79 Å². The number of halogens is 1. The standard InChI is InChI=1S/C13H16ClNO2/c14-10-5-9(6-11-3-1-2-4-15-11)13-12(7-10)16-8-17-13/h5,7,11,15H,1-4,6,8H2. The number of nitrogens with one attached hydrogen (secondary N) is 1. The second kappa shape index (κ2) is 4.75. The van der Waals surface area contributed by atoms with Gasteiger partial charge in [0.15, 0.2) is 11.5 Å². The van der Waals surface area contributed by atoms with Gasteiger partial charge in [-0.3, -0.25) is 0 Å². The lowest BCUT2D eigenvalue weighted by atomic mass is 9.97. The highest BCUT2D eigenvalue weighted by molar-refractivity contribution is 6.30. The molecule has 17 heavy (non-hydrogen) atoms. The Bertz CT molecular complexity index is 416. The van der Waals surface area contributed by atoms with Crippen molar-refractivity contribution in [3.05, 3.63) is 22.7 Å². The Hall–Kier alpha value is -0.930. The first-order valence-electron chi connectivity index (χ1n) is 6.14. The third kappa shape index (κ3) is 2.35. The number of benzene rings is 1. The van der Waals surface area contributed by atoms with E-state index in [4.69, 9.17) is 21.1 Å². The molecule has 3 rings (SSSR count). The van der Waals surface area contributed by atoms with Gasteiger partial charge < -0.3 is 14.8 Å². The summed E-state index contributed by atoms with van der Waals surface area (Å²) in [6.45, 7) is 1.42. The van der Waals surface area contributed by atoms with Gasteiger partial charge in [0.05, 0.1) is 0 Å². The summed E-state index contributed by atoms with van der Waals surface area (Å²) in [6.07, 6.45) is 4.77. The van der Waals surface area contributed by atoms with Crippen molar-refractivity contribution in [2.24, 2.45) is 0 Å². The number of ether oxygens (including phenoxy) is 2. The van der Waals surface area contributed by atoms with Crippen LogP contribution in [-0.4, -0.2) is 19.4 Å². The molecule has 1 saturated heterocycles. The largest absolute Gasteiger partial charge is 0.454 e. The lowest BCUT2D eigenvalue weighted by Crippen LogP contribution is -2.35. The highest BCUT2D eigenvalue weighted by atomic mass is 35.5. The van der Waals surface area contributed by atoms with Crippen molar-refractivity contribution < 1.29 is 9.47 Å². The van der Waals surface area contributed by atoms with Crippen molar-refractivity contribution in [2.45, 2.75) is 31.7 Å². The zero-order chi connectivity index (χ0) is 11.7. The molecule has 1 unspecified atom stereocenters. The van der Waals surface area contributed by atoms with Crippen LogP contribution in [0.2, 0.25) is 5.02 Å². The monoisotopic (exact) mass is 253 g/mol. The number of fused-ring (bicyclic) bond motifs is 1. The fourth-order valence-corrected chi connectivity index (χ4v) is 2.79. The van der Waals surface area contributed by atoms with Crippen LogP contribution in [0.1, 0.15) is 24.8 Å². The van der Waals surface area contributed by atoms with E-state index in [2.05, 4.69) is 5.32 Å². The van der Waals surface area contributed by atoms with Crippen LogP contribution in [0, 0.1) is 0 Å². The lowest BCUT2D eigenvalue weighted by molar-refractivity contribution is 0.173. The molecule has 2 heterocycles. The molecule has 3 nitrogen and oxygen atoms in total. The Kier molecular flexibility index (Phi) is 3.12. The fraction of sp³-hybridized carbons (Fsp3) is 0.538. The van der Waals surface area contributed by atoms with Crippen molar-refractivity contribution >= 4 is 11.6 Å². The van der Waals surface area contributed by atoms with E-state index in [0.717, 1.165) is 35.1 Å². The Balaban J connectivity index is 1.82. The minimum atomic E-state index is 0.306. The summed E-state index contributed by atoms with van der Waals surface area (Å²) >= 11 is 6.09. The van der Waals surface area contributed by atoms with Crippen LogP contribution in [0.4, 0.5) is 0 Å². The lowest BCUT2D eigenvalue weighted by Gasteiger charge is -2.23. The molecule has 0 saturated carbocycles. The van der Waals surface area contributed by atoms with Crippen LogP contribution < -0.4 is 14.8 Å². The van der Waals surface area contributed by atoms with Crippen LogP contribution in [0.5, 0.6) is 11.5 Å². The molecule has 1 aromatic carbocycles. The van der Waals surface area contributed by atoms with Crippen LogP contribution in [0.25, 0.3) is 0 Å². The Morgan fingerprint density at radius 3 is 3.06 bits per heavy atom. The second-order valence-electron chi connectivity index (χ2n) is 4.65. The zero-order valence-electron chi connectivity index (χ0n) is 9.67. The Labute approximate surface area is 106 Å². The first-order valence-corrected chi connectivity index (χ1v) is 6.52. The van der Waals surface area contributed by atoms with E-state index < -0.39 is 0 Å². The minimum Gasteiger partial charge on any atom is -0.454 e. The average molecular weight is 254 g/mol. The van der Waals surface area contributed by atoms with E-state index in [1.807, 2.05) is 12.1 Å². The highest BCUT2D eigenvalue weighted by Crippen LogP contribution is 2.39. The summed E-state index contributed by atoms with van der Waals surface area (Å²) < 4.78 is 10.9. The highest BCUT2D eigenvalue weighted by Gasteiger charge is 2.22. The molecule has 0 amide bonds. The van der Waals surface area contributed by atoms with Crippen molar-refractivity contribution in [1.29, 1.82) is 0 Å². The summed E-state index contributed by atoms with van der Waals surface area (Å²) in [5.41, 5.74) is 1.16. The molecule has 1 fully saturated rings. The first-order chi connectivity index (χ1) is 8.33. The third-order valence-corrected chi connectivity index (χ3v) is 3.61. The van der Waals surface area contributed by atoms with E-state index in [1.54, 1.807) is 0 Å². The van der Waals surface area contributed by atoms with E-state index in [-0.39, 0.29) is 0 Å². The van der Waals surface area contributed by atoms with Gasteiger partial charge in [0.25, 0.3) is 0 Å². The zero-order valence-corrected chi connectivity index (χ0v) is 10.4. The molecule has 92 valence electrons. The van der Waals surface area contributed by atoms with Gasteiger partial charge in [0, 0.05) is 22.7 Å². The van der Waals surface area contributed by atoms with Gasteiger partial charge in [-0.15, -0.1) is 0 Å². The van der Waals surface area contributed by atoms with Gasteiger partial charge in [-0.05, 0) is 31.9 Å². The summed E-state index contributed by atoms with van der Waals surface area (Å²) in [7, 11) is 0. The molecule has 4 heteroatoms. The summed E-state index contributed by atoms with van der Waals surface area (Å²) in [6, 6.07) is 4.35. The molecule has 0 radical (unpaired) electrons. The molecular formula is C13H16ClNO2. The molecule has 0 spiro atoms. The van der Waals surface area contributed by atoms with Crippen LogP contribution in [-0.2, 0) is 6.42 Å². The Morgan fingerprint density at radius 2 is 2.24 bits per heavy atom. The summed E-state index contributed by atoms with van der Waals surface area (Å²) in [4.78, 5) is 0. The quantitative estimate of drug-likeness (QED) is 0.879. The molecule has 1 aromatic rings. The molecule has 2 aliphatic heterocycles. The van der Waals surface area contributed by atoms with Crippen molar-refractivity contribution in [3.8, 4) is 11.5 Å². The van der Waals surface area contributed by atoms with Crippen molar-refractivity contribution in [3.63, 3.8) is 0 Å². The fourth-order valence-electron chi connectivity index (χ4n) is 2.56. The van der Waals surface area contributed by atoms with Crippen molar-refractivity contribution in [2.75, 3.05) is 13.3 Å². The third-order valence-electron chi connectivity index (χ3n) is 3.39. The van der Waals surface area contributed by atoms with Crippen LogP contribution >= 0.6 is 11.6 Å². The van der Waals surface area contributed by atoms with E-state index in [0.29, 0.717) is 12.8 Å². The molecular weight excluding hydrogens is 238 g/mol. The molecule has 2 aliphatic rings. The van der Waals surface area contributed by atoms with Crippen LogP contribution in [0.15, 0.2) is 12.1 Å². The average Bonchev–Trinajstić information content (AvgIpc) is 2.78. The maximum Gasteiger partial charge on any atom is 0.231 e. The predicted octanol–water partition coefficient (Wildman–Crippen LogP) is 2.75. The van der Waals surface area contributed by atoms with E-state index in [9.17, 15) is 0 Å². The summed E-state index contributed by atoms with van der Waals surface area (Å²) in [5.74, 6) is 1.66. The summed E-state index contributed by atoms with van der Waals surface area (Å²) in [5, 5.41) is 4.26. The normalized spacial score (nSPS) is 22.8. The van der Waals surface area contributed by atoms with Gasteiger partial charge in [0.1, 0.15) is 0 Å². The number of piperidine rings is 1. The van der Waals surface area contributed by atoms with Crippen molar-refractivity contribution in [1.82, 2.24) is 5.32 Å². The second-order valence-corrected chi connectivity index (χ2v) is 5.09. The molecule has 0 bridgehead atoms. The molecule has 1 N–H and O–H groups in total. The van der Waals surface area contributed by atoms with Gasteiger partial charge in [-0.2, -0.15) is 0 Å². The van der Waals surface area contributed by atoms with Gasteiger partial charge in [-0.1, -0.05) is 18.0 Å². The van der Waals surface area contributed by atoms with Gasteiger partial charge >= 0.3 is 0 Å². The van der Waals surface area contributed by atoms with E-state index in [1.165, 1.54) is 19.3 Å².